The molecule has 1 aromatic carbocycles. The number of hydrogen-bond donors (Lipinski definition) is 0. The molecule has 0 fully saturated rings. The fraction of sp³-hybridized carbons (Fsp3) is 0.385. The van der Waals surface area contributed by atoms with E-state index in [1.54, 1.807) is 6.92 Å². The second-order valence-corrected chi connectivity index (χ2v) is 3.87. The second-order valence-electron chi connectivity index (χ2n) is 3.87. The van der Waals surface area contributed by atoms with Gasteiger partial charge in [-0.15, -0.1) is 0 Å². The first-order chi connectivity index (χ1) is 9.51. The number of nitrogens with zero attached hydrogens (tertiary/aromatic N) is 1. The Morgan fingerprint density at radius 3 is 2.60 bits per heavy atom. The summed E-state index contributed by atoms with van der Waals surface area (Å²) in [4.78, 5) is 33.3. The smallest absolute Gasteiger partial charge is 0.344 e. The van der Waals surface area contributed by atoms with Crippen molar-refractivity contribution in [2.45, 2.75) is 19.8 Å². The molecule has 0 heterocycles. The van der Waals surface area contributed by atoms with Crippen molar-refractivity contribution in [2.75, 3.05) is 13.7 Å². The van der Waals surface area contributed by atoms with Crippen LogP contribution in [-0.4, -0.2) is 30.6 Å². The first-order valence-electron chi connectivity index (χ1n) is 6.01. The van der Waals surface area contributed by atoms with Crippen LogP contribution < -0.4 is 0 Å². The Labute approximate surface area is 115 Å². The van der Waals surface area contributed by atoms with Crippen LogP contribution in [0.4, 0.5) is 5.69 Å². The molecular weight excluding hydrogens is 266 g/mol. The van der Waals surface area contributed by atoms with Gasteiger partial charge in [0.25, 0.3) is 5.69 Å². The van der Waals surface area contributed by atoms with E-state index in [2.05, 4.69) is 4.74 Å². The van der Waals surface area contributed by atoms with Crippen LogP contribution in [-0.2, 0) is 20.7 Å². The van der Waals surface area contributed by atoms with E-state index in [0.29, 0.717) is 5.56 Å². The van der Waals surface area contributed by atoms with E-state index in [-0.39, 0.29) is 30.7 Å². The first-order valence-corrected chi connectivity index (χ1v) is 6.01. The van der Waals surface area contributed by atoms with Crippen molar-refractivity contribution in [3.63, 3.8) is 0 Å². The number of nitro groups is 1. The first kappa shape index (κ1) is 15.6. The molecule has 108 valence electrons. The summed E-state index contributed by atoms with van der Waals surface area (Å²) in [6.07, 6.45) is 0.138. The van der Waals surface area contributed by atoms with Crippen LogP contribution in [0, 0.1) is 10.1 Å². The molecule has 0 saturated heterocycles. The predicted octanol–water partition coefficient (Wildman–Crippen LogP) is 1.88. The molecule has 0 atom stereocenters. The number of hydrogen-bond acceptors (Lipinski definition) is 6. The third-order valence-corrected chi connectivity index (χ3v) is 2.61. The lowest BCUT2D eigenvalue weighted by atomic mass is 10.0. The summed E-state index contributed by atoms with van der Waals surface area (Å²) in [6.45, 7) is 1.93. The van der Waals surface area contributed by atoms with E-state index < -0.39 is 16.9 Å². The van der Waals surface area contributed by atoms with Gasteiger partial charge in [0.15, 0.2) is 0 Å². The second kappa shape index (κ2) is 7.22. The largest absolute Gasteiger partial charge is 0.466 e. The summed E-state index contributed by atoms with van der Waals surface area (Å²) in [5.74, 6) is -1.22. The number of esters is 2. The number of methoxy groups -OCH3 is 1. The van der Waals surface area contributed by atoms with E-state index in [0.717, 1.165) is 7.11 Å². The molecule has 0 aliphatic heterocycles. The minimum absolute atomic E-state index is 0.0132. The Morgan fingerprint density at radius 1 is 1.35 bits per heavy atom. The molecule has 1 aromatic rings. The summed E-state index contributed by atoms with van der Waals surface area (Å²) in [5.41, 5.74) is -0.159. The molecule has 0 aromatic heterocycles. The highest BCUT2D eigenvalue weighted by molar-refractivity contribution is 5.94. The van der Waals surface area contributed by atoms with Crippen molar-refractivity contribution in [1.82, 2.24) is 0 Å². The zero-order valence-electron chi connectivity index (χ0n) is 11.3. The SMILES string of the molecule is CCOC(=O)CCc1cccc(C(=O)OC)c1[N+](=O)[O-]. The van der Waals surface area contributed by atoms with Gasteiger partial charge < -0.3 is 9.47 Å². The number of rotatable bonds is 6. The molecule has 0 N–H and O–H groups in total. The number of aryl methyl sites for hydroxylation is 1. The van der Waals surface area contributed by atoms with Crippen LogP contribution in [0.2, 0.25) is 0 Å². The van der Waals surface area contributed by atoms with Crippen molar-refractivity contribution in [3.05, 3.63) is 39.4 Å². The molecule has 0 amide bonds. The van der Waals surface area contributed by atoms with Gasteiger partial charge in [-0.1, -0.05) is 12.1 Å². The van der Waals surface area contributed by atoms with Gasteiger partial charge in [-0.05, 0) is 19.4 Å². The lowest BCUT2D eigenvalue weighted by Gasteiger charge is -2.06. The quantitative estimate of drug-likeness (QED) is 0.448. The van der Waals surface area contributed by atoms with Crippen LogP contribution in [0.3, 0.4) is 0 Å². The number of ether oxygens (including phenoxy) is 2. The summed E-state index contributed by atoms with van der Waals surface area (Å²) in [7, 11) is 1.15. The molecule has 0 aliphatic rings. The van der Waals surface area contributed by atoms with E-state index in [1.807, 2.05) is 0 Å². The highest BCUT2D eigenvalue weighted by Crippen LogP contribution is 2.25. The average Bonchev–Trinajstić information content (AvgIpc) is 2.43. The van der Waals surface area contributed by atoms with Gasteiger partial charge in [0.2, 0.25) is 0 Å². The lowest BCUT2D eigenvalue weighted by molar-refractivity contribution is -0.385. The van der Waals surface area contributed by atoms with Gasteiger partial charge in [-0.25, -0.2) is 4.79 Å². The molecular formula is C13H15NO6. The summed E-state index contributed by atoms with van der Waals surface area (Å²) in [5, 5.41) is 11.1. The highest BCUT2D eigenvalue weighted by atomic mass is 16.6. The van der Waals surface area contributed by atoms with Gasteiger partial charge in [-0.3, -0.25) is 14.9 Å². The molecule has 0 aliphatic carbocycles. The van der Waals surface area contributed by atoms with Crippen molar-refractivity contribution in [3.8, 4) is 0 Å². The number of carbonyl (C=O) groups excluding carboxylic acids is 2. The normalized spacial score (nSPS) is 9.90. The van der Waals surface area contributed by atoms with Crippen molar-refractivity contribution in [1.29, 1.82) is 0 Å². The Bertz CT molecular complexity index is 526. The fourth-order valence-corrected chi connectivity index (χ4v) is 1.75. The maximum atomic E-state index is 11.5. The number of nitro benzene ring substituents is 1. The van der Waals surface area contributed by atoms with Crippen LogP contribution in [0.5, 0.6) is 0 Å². The monoisotopic (exact) mass is 281 g/mol. The zero-order chi connectivity index (χ0) is 15.1. The van der Waals surface area contributed by atoms with E-state index in [9.17, 15) is 19.7 Å². The third-order valence-electron chi connectivity index (χ3n) is 2.61. The minimum Gasteiger partial charge on any atom is -0.466 e. The molecule has 0 radical (unpaired) electrons. The van der Waals surface area contributed by atoms with Crippen LogP contribution in [0.25, 0.3) is 0 Å². The molecule has 7 heteroatoms. The maximum Gasteiger partial charge on any atom is 0.344 e. The highest BCUT2D eigenvalue weighted by Gasteiger charge is 2.25. The Balaban J connectivity index is 3.04. The van der Waals surface area contributed by atoms with Crippen molar-refractivity contribution < 1.29 is 24.0 Å². The maximum absolute atomic E-state index is 11.5. The zero-order valence-corrected chi connectivity index (χ0v) is 11.3. The van der Waals surface area contributed by atoms with E-state index in [4.69, 9.17) is 4.74 Å². The molecule has 0 spiro atoms. The predicted molar refractivity (Wildman–Crippen MR) is 69.4 cm³/mol. The topological polar surface area (TPSA) is 95.7 Å². The number of para-hydroxylation sites is 1. The van der Waals surface area contributed by atoms with Gasteiger partial charge in [0, 0.05) is 12.0 Å². The lowest BCUT2D eigenvalue weighted by Crippen LogP contribution is -2.10. The molecule has 7 nitrogen and oxygen atoms in total. The Kier molecular flexibility index (Phi) is 5.64. The molecule has 0 unspecified atom stereocenters. The third kappa shape index (κ3) is 3.78. The van der Waals surface area contributed by atoms with Crippen LogP contribution in [0.15, 0.2) is 18.2 Å². The van der Waals surface area contributed by atoms with Crippen molar-refractivity contribution >= 4 is 17.6 Å². The van der Waals surface area contributed by atoms with E-state index >= 15 is 0 Å². The fourth-order valence-electron chi connectivity index (χ4n) is 1.75. The van der Waals surface area contributed by atoms with Gasteiger partial charge in [0.1, 0.15) is 5.56 Å². The summed E-state index contributed by atoms with van der Waals surface area (Å²) >= 11 is 0. The molecule has 20 heavy (non-hydrogen) atoms. The summed E-state index contributed by atoms with van der Waals surface area (Å²) in [6, 6.07) is 4.33. The van der Waals surface area contributed by atoms with Gasteiger partial charge >= 0.3 is 11.9 Å². The van der Waals surface area contributed by atoms with Crippen LogP contribution >= 0.6 is 0 Å². The van der Waals surface area contributed by atoms with Crippen molar-refractivity contribution in [2.24, 2.45) is 0 Å². The number of benzene rings is 1. The van der Waals surface area contributed by atoms with Gasteiger partial charge in [0.05, 0.1) is 18.6 Å². The Morgan fingerprint density at radius 2 is 2.05 bits per heavy atom. The van der Waals surface area contributed by atoms with Crippen LogP contribution in [0.1, 0.15) is 29.3 Å². The molecule has 0 saturated carbocycles. The standard InChI is InChI=1S/C13H15NO6/c1-3-20-11(15)8-7-9-5-4-6-10(13(16)19-2)12(9)14(17)18/h4-6H,3,7-8H2,1-2H3. The van der Waals surface area contributed by atoms with E-state index in [1.165, 1.54) is 18.2 Å². The average molecular weight is 281 g/mol. The molecule has 1 rings (SSSR count). The number of carbonyl (C=O) groups is 2. The molecule has 0 bridgehead atoms. The Hall–Kier alpha value is -2.44. The minimum atomic E-state index is -0.783. The summed E-state index contributed by atoms with van der Waals surface area (Å²) < 4.78 is 9.27. The van der Waals surface area contributed by atoms with Gasteiger partial charge in [-0.2, -0.15) is 0 Å².